The van der Waals surface area contributed by atoms with Gasteiger partial charge in [-0.25, -0.2) is 9.67 Å². The molecule has 0 bridgehead atoms. The van der Waals surface area contributed by atoms with Gasteiger partial charge >= 0.3 is 0 Å². The maximum Gasteiger partial charge on any atom is 0.262 e. The lowest BCUT2D eigenvalue weighted by molar-refractivity contribution is 0.102. The van der Waals surface area contributed by atoms with Crippen LogP contribution in [0.1, 0.15) is 43.3 Å². The van der Waals surface area contributed by atoms with E-state index >= 15 is 0 Å². The zero-order chi connectivity index (χ0) is 23.7. The standard InChI is InChI=1S/C26H26ClN5OS/c1-17-8-10-20(11-9-17)15-32-24(27)23(18(2)30-32)25(33)29-26-28-21-12-13-31(16-22(21)34-26)14-19-6-4-3-5-7-19/h3-11H,12-16H2,1-2H3,(H,28,29,33). The third kappa shape index (κ3) is 4.92. The molecule has 0 radical (unpaired) electrons. The van der Waals surface area contributed by atoms with Gasteiger partial charge in [-0.05, 0) is 25.0 Å². The van der Waals surface area contributed by atoms with Crippen LogP contribution in [0.4, 0.5) is 5.13 Å². The number of anilines is 1. The molecule has 1 aliphatic rings. The van der Waals surface area contributed by atoms with Crippen LogP contribution in [-0.4, -0.2) is 32.1 Å². The summed E-state index contributed by atoms with van der Waals surface area (Å²) in [6.45, 7) is 7.07. The zero-order valence-corrected chi connectivity index (χ0v) is 20.8. The molecule has 6 nitrogen and oxygen atoms in total. The maximum absolute atomic E-state index is 13.1. The Morgan fingerprint density at radius 3 is 2.56 bits per heavy atom. The highest BCUT2D eigenvalue weighted by Gasteiger charge is 2.24. The molecular weight excluding hydrogens is 466 g/mol. The van der Waals surface area contributed by atoms with Gasteiger partial charge in [0.05, 0.1) is 23.5 Å². The van der Waals surface area contributed by atoms with Gasteiger partial charge in [-0.3, -0.25) is 15.0 Å². The number of nitrogens with zero attached hydrogens (tertiary/aromatic N) is 4. The van der Waals surface area contributed by atoms with E-state index in [0.29, 0.717) is 28.1 Å². The monoisotopic (exact) mass is 491 g/mol. The van der Waals surface area contributed by atoms with E-state index in [-0.39, 0.29) is 5.91 Å². The Morgan fingerprint density at radius 2 is 1.79 bits per heavy atom. The molecule has 4 aromatic rings. The Bertz CT molecular complexity index is 1310. The molecule has 1 amide bonds. The van der Waals surface area contributed by atoms with Gasteiger partial charge in [0.25, 0.3) is 5.91 Å². The van der Waals surface area contributed by atoms with E-state index in [1.807, 2.05) is 18.2 Å². The molecule has 0 unspecified atom stereocenters. The predicted octanol–water partition coefficient (Wildman–Crippen LogP) is 5.47. The van der Waals surface area contributed by atoms with Crippen LogP contribution in [0.25, 0.3) is 0 Å². The van der Waals surface area contributed by atoms with Crippen LogP contribution in [0.15, 0.2) is 54.6 Å². The van der Waals surface area contributed by atoms with E-state index in [1.165, 1.54) is 16.0 Å². The van der Waals surface area contributed by atoms with Crippen molar-refractivity contribution in [1.82, 2.24) is 19.7 Å². The smallest absolute Gasteiger partial charge is 0.262 e. The first-order chi connectivity index (χ1) is 16.5. The van der Waals surface area contributed by atoms with Gasteiger partial charge in [0, 0.05) is 30.9 Å². The number of rotatable bonds is 6. The molecule has 5 rings (SSSR count). The van der Waals surface area contributed by atoms with Crippen molar-refractivity contribution in [3.05, 3.63) is 98.3 Å². The molecule has 8 heteroatoms. The molecule has 2 aromatic heterocycles. The van der Waals surface area contributed by atoms with Crippen molar-refractivity contribution in [2.45, 2.75) is 39.9 Å². The van der Waals surface area contributed by atoms with Crippen LogP contribution >= 0.6 is 22.9 Å². The quantitative estimate of drug-likeness (QED) is 0.388. The molecule has 0 saturated heterocycles. The van der Waals surface area contributed by atoms with Crippen molar-refractivity contribution in [3.8, 4) is 0 Å². The summed E-state index contributed by atoms with van der Waals surface area (Å²) in [5.74, 6) is -0.273. The molecule has 0 fully saturated rings. The molecular formula is C26H26ClN5OS. The first-order valence-electron chi connectivity index (χ1n) is 11.3. The normalized spacial score (nSPS) is 13.6. The van der Waals surface area contributed by atoms with Crippen LogP contribution < -0.4 is 5.32 Å². The largest absolute Gasteiger partial charge is 0.298 e. The van der Waals surface area contributed by atoms with Crippen LogP contribution in [-0.2, 0) is 26.1 Å². The summed E-state index contributed by atoms with van der Waals surface area (Å²) >= 11 is 8.13. The lowest BCUT2D eigenvalue weighted by Gasteiger charge is -2.25. The SMILES string of the molecule is Cc1ccc(Cn2nc(C)c(C(=O)Nc3nc4c(s3)CN(Cc3ccccc3)CC4)c2Cl)cc1. The number of thiazole rings is 1. The summed E-state index contributed by atoms with van der Waals surface area (Å²) in [4.78, 5) is 21.4. The Balaban J connectivity index is 1.27. The minimum Gasteiger partial charge on any atom is -0.298 e. The number of aryl methyl sites for hydroxylation is 2. The van der Waals surface area contributed by atoms with Gasteiger partial charge in [0.15, 0.2) is 5.13 Å². The molecule has 1 aliphatic heterocycles. The van der Waals surface area contributed by atoms with Crippen LogP contribution in [0, 0.1) is 13.8 Å². The Morgan fingerprint density at radius 1 is 1.06 bits per heavy atom. The lowest BCUT2D eigenvalue weighted by atomic mass is 10.1. The molecule has 174 valence electrons. The molecule has 0 saturated carbocycles. The number of carbonyl (C=O) groups excluding carboxylic acids is 1. The molecule has 2 aromatic carbocycles. The fourth-order valence-electron chi connectivity index (χ4n) is 4.22. The summed E-state index contributed by atoms with van der Waals surface area (Å²) in [5.41, 5.74) is 5.65. The average molecular weight is 492 g/mol. The number of halogens is 1. The predicted molar refractivity (Wildman–Crippen MR) is 137 cm³/mol. The van der Waals surface area contributed by atoms with Crippen molar-refractivity contribution in [3.63, 3.8) is 0 Å². The molecule has 0 aliphatic carbocycles. The van der Waals surface area contributed by atoms with Crippen molar-refractivity contribution >= 4 is 34.0 Å². The summed E-state index contributed by atoms with van der Waals surface area (Å²) in [6.07, 6.45) is 0.878. The first kappa shape index (κ1) is 22.8. The maximum atomic E-state index is 13.1. The lowest BCUT2D eigenvalue weighted by Crippen LogP contribution is -2.29. The highest BCUT2D eigenvalue weighted by Crippen LogP contribution is 2.30. The summed E-state index contributed by atoms with van der Waals surface area (Å²) in [6, 6.07) is 18.7. The Labute approximate surface area is 208 Å². The third-order valence-corrected chi connectivity index (χ3v) is 7.41. The fraction of sp³-hybridized carbons (Fsp3) is 0.269. The molecule has 1 N–H and O–H groups in total. The summed E-state index contributed by atoms with van der Waals surface area (Å²) in [5, 5.41) is 8.41. The van der Waals surface area contributed by atoms with Crippen LogP contribution in [0.3, 0.4) is 0 Å². The number of hydrogen-bond donors (Lipinski definition) is 1. The van der Waals surface area contributed by atoms with Crippen molar-refractivity contribution in [2.75, 3.05) is 11.9 Å². The van der Waals surface area contributed by atoms with Gasteiger partial charge in [-0.2, -0.15) is 5.10 Å². The highest BCUT2D eigenvalue weighted by atomic mass is 35.5. The molecule has 0 atom stereocenters. The van der Waals surface area contributed by atoms with Crippen molar-refractivity contribution in [1.29, 1.82) is 0 Å². The highest BCUT2D eigenvalue weighted by molar-refractivity contribution is 7.15. The van der Waals surface area contributed by atoms with Crippen LogP contribution in [0.5, 0.6) is 0 Å². The van der Waals surface area contributed by atoms with Crippen molar-refractivity contribution < 1.29 is 4.79 Å². The van der Waals surface area contributed by atoms with Crippen LogP contribution in [0.2, 0.25) is 5.15 Å². The number of aromatic nitrogens is 3. The number of nitrogens with one attached hydrogen (secondary N) is 1. The van der Waals surface area contributed by atoms with E-state index in [0.717, 1.165) is 37.3 Å². The van der Waals surface area contributed by atoms with Gasteiger partial charge in [0.2, 0.25) is 0 Å². The fourth-order valence-corrected chi connectivity index (χ4v) is 5.59. The topological polar surface area (TPSA) is 63.1 Å². The minimum atomic E-state index is -0.273. The van der Waals surface area contributed by atoms with Gasteiger partial charge in [0.1, 0.15) is 5.15 Å². The van der Waals surface area contributed by atoms with Gasteiger partial charge in [-0.15, -0.1) is 11.3 Å². The summed E-state index contributed by atoms with van der Waals surface area (Å²) in [7, 11) is 0. The molecule has 34 heavy (non-hydrogen) atoms. The van der Waals surface area contributed by atoms with Gasteiger partial charge in [-0.1, -0.05) is 71.8 Å². The number of hydrogen-bond acceptors (Lipinski definition) is 5. The number of fused-ring (bicyclic) bond motifs is 1. The van der Waals surface area contributed by atoms with Gasteiger partial charge < -0.3 is 0 Å². The van der Waals surface area contributed by atoms with E-state index in [9.17, 15) is 4.79 Å². The average Bonchev–Trinajstić information content (AvgIpc) is 3.34. The second-order valence-corrected chi connectivity index (χ2v) is 10.1. The van der Waals surface area contributed by atoms with E-state index in [1.54, 1.807) is 22.9 Å². The third-order valence-electron chi connectivity index (χ3n) is 6.03. The van der Waals surface area contributed by atoms with Crippen molar-refractivity contribution in [2.24, 2.45) is 0 Å². The van der Waals surface area contributed by atoms with E-state index in [2.05, 4.69) is 63.6 Å². The molecule has 3 heterocycles. The summed E-state index contributed by atoms with van der Waals surface area (Å²) < 4.78 is 1.67. The number of carbonyl (C=O) groups is 1. The second-order valence-electron chi connectivity index (χ2n) is 8.68. The van der Waals surface area contributed by atoms with E-state index in [4.69, 9.17) is 11.6 Å². The Hall–Kier alpha value is -3.00. The second kappa shape index (κ2) is 9.70. The number of benzene rings is 2. The number of amides is 1. The minimum absolute atomic E-state index is 0.273. The molecule has 0 spiro atoms. The zero-order valence-electron chi connectivity index (χ0n) is 19.2. The Kier molecular flexibility index (Phi) is 6.50. The van der Waals surface area contributed by atoms with E-state index < -0.39 is 0 Å². The first-order valence-corrected chi connectivity index (χ1v) is 12.5.